The van der Waals surface area contributed by atoms with Crippen LogP contribution in [-0.2, 0) is 0 Å². The maximum absolute atomic E-state index is 9.90. The number of hydrogen-bond donors (Lipinski definition) is 1. The van der Waals surface area contributed by atoms with Gasteiger partial charge in [0.25, 0.3) is 0 Å². The summed E-state index contributed by atoms with van der Waals surface area (Å²) in [5.74, 6) is 0.810. The summed E-state index contributed by atoms with van der Waals surface area (Å²) in [6.45, 7) is 9.42. The Morgan fingerprint density at radius 1 is 1.13 bits per heavy atom. The summed E-state index contributed by atoms with van der Waals surface area (Å²) in [5.41, 5.74) is 0.429. The maximum Gasteiger partial charge on any atom is 0.0695 e. The molecule has 3 unspecified atom stereocenters. The van der Waals surface area contributed by atoms with Gasteiger partial charge in [-0.1, -0.05) is 20.8 Å². The van der Waals surface area contributed by atoms with Crippen molar-refractivity contribution in [1.82, 2.24) is 4.90 Å². The lowest BCUT2D eigenvalue weighted by Crippen LogP contribution is -2.39. The van der Waals surface area contributed by atoms with Crippen molar-refractivity contribution in [2.75, 3.05) is 13.1 Å². The fraction of sp³-hybridized carbons (Fsp3) is 1.00. The van der Waals surface area contributed by atoms with Crippen molar-refractivity contribution in [2.24, 2.45) is 11.3 Å². The average Bonchev–Trinajstić information content (AvgIpc) is 2.69. The molecule has 2 rings (SSSR count). The van der Waals surface area contributed by atoms with Crippen LogP contribution in [0.5, 0.6) is 0 Å². The first-order valence-electron chi connectivity index (χ1n) is 6.40. The van der Waals surface area contributed by atoms with Gasteiger partial charge in [-0.15, -0.1) is 0 Å². The highest BCUT2D eigenvalue weighted by Crippen LogP contribution is 2.36. The normalized spacial score (nSPS) is 38.8. The van der Waals surface area contributed by atoms with Gasteiger partial charge in [-0.3, -0.25) is 4.90 Å². The molecule has 15 heavy (non-hydrogen) atoms. The zero-order chi connectivity index (χ0) is 11.1. The van der Waals surface area contributed by atoms with Crippen LogP contribution in [0.15, 0.2) is 0 Å². The molecule has 0 spiro atoms. The first-order valence-corrected chi connectivity index (χ1v) is 6.40. The van der Waals surface area contributed by atoms with Crippen LogP contribution in [0, 0.1) is 11.3 Å². The summed E-state index contributed by atoms with van der Waals surface area (Å²) in [7, 11) is 0. The molecule has 0 amide bonds. The van der Waals surface area contributed by atoms with Gasteiger partial charge in [-0.05, 0) is 43.6 Å². The molecular formula is C13H25NO. The van der Waals surface area contributed by atoms with Gasteiger partial charge in [0.2, 0.25) is 0 Å². The topological polar surface area (TPSA) is 23.5 Å². The molecule has 1 aliphatic heterocycles. The Morgan fingerprint density at radius 3 is 2.33 bits per heavy atom. The van der Waals surface area contributed by atoms with E-state index < -0.39 is 0 Å². The summed E-state index contributed by atoms with van der Waals surface area (Å²) in [6, 6.07) is 0.470. The maximum atomic E-state index is 9.90. The number of likely N-dealkylation sites (tertiary alicyclic amines) is 1. The van der Waals surface area contributed by atoms with Crippen LogP contribution in [-0.4, -0.2) is 35.2 Å². The van der Waals surface area contributed by atoms with E-state index in [0.29, 0.717) is 11.5 Å². The van der Waals surface area contributed by atoms with Crippen LogP contribution in [0.3, 0.4) is 0 Å². The highest BCUT2D eigenvalue weighted by Gasteiger charge is 2.38. The lowest BCUT2D eigenvalue weighted by atomic mass is 9.80. The van der Waals surface area contributed by atoms with Gasteiger partial charge in [-0.25, -0.2) is 0 Å². The van der Waals surface area contributed by atoms with Crippen LogP contribution in [0.1, 0.15) is 46.5 Å². The Morgan fingerprint density at radius 2 is 1.87 bits per heavy atom. The molecule has 2 fully saturated rings. The predicted molar refractivity (Wildman–Crippen MR) is 62.8 cm³/mol. The molecule has 0 radical (unpaired) electrons. The molecule has 2 aliphatic rings. The summed E-state index contributed by atoms with van der Waals surface area (Å²) in [4.78, 5) is 2.54. The van der Waals surface area contributed by atoms with Crippen molar-refractivity contribution in [3.8, 4) is 0 Å². The summed E-state index contributed by atoms with van der Waals surface area (Å²) < 4.78 is 0. The summed E-state index contributed by atoms with van der Waals surface area (Å²) in [6.07, 6.45) is 4.69. The first-order chi connectivity index (χ1) is 6.98. The molecule has 1 aliphatic carbocycles. The average molecular weight is 211 g/mol. The second-order valence-corrected chi connectivity index (χ2v) is 6.41. The predicted octanol–water partition coefficient (Wildman–Crippen LogP) is 2.27. The summed E-state index contributed by atoms with van der Waals surface area (Å²) in [5, 5.41) is 9.90. The molecular weight excluding hydrogens is 186 g/mol. The van der Waals surface area contributed by atoms with Gasteiger partial charge in [0.15, 0.2) is 0 Å². The number of rotatable bonds is 1. The molecule has 2 heteroatoms. The molecule has 0 bridgehead atoms. The molecule has 0 aromatic rings. The van der Waals surface area contributed by atoms with Crippen molar-refractivity contribution in [2.45, 2.75) is 58.6 Å². The van der Waals surface area contributed by atoms with Crippen LogP contribution >= 0.6 is 0 Å². The highest BCUT2D eigenvalue weighted by atomic mass is 16.3. The Hall–Kier alpha value is -0.0800. The van der Waals surface area contributed by atoms with Crippen LogP contribution in [0.4, 0.5) is 0 Å². The zero-order valence-electron chi connectivity index (χ0n) is 10.4. The number of nitrogens with zero attached hydrogens (tertiary/aromatic N) is 1. The quantitative estimate of drug-likeness (QED) is 0.719. The van der Waals surface area contributed by atoms with Crippen molar-refractivity contribution in [3.05, 3.63) is 0 Å². The smallest absolute Gasteiger partial charge is 0.0695 e. The monoisotopic (exact) mass is 211 g/mol. The Balaban J connectivity index is 1.92. The van der Waals surface area contributed by atoms with Crippen molar-refractivity contribution < 1.29 is 5.11 Å². The van der Waals surface area contributed by atoms with E-state index in [-0.39, 0.29) is 6.10 Å². The van der Waals surface area contributed by atoms with E-state index in [1.807, 2.05) is 0 Å². The molecule has 2 nitrogen and oxygen atoms in total. The first kappa shape index (κ1) is 11.4. The van der Waals surface area contributed by atoms with E-state index >= 15 is 0 Å². The minimum absolute atomic E-state index is 0.0521. The Kier molecular flexibility index (Phi) is 3.09. The van der Waals surface area contributed by atoms with Gasteiger partial charge in [0.05, 0.1) is 6.10 Å². The minimum atomic E-state index is -0.0521. The van der Waals surface area contributed by atoms with E-state index in [1.54, 1.807) is 0 Å². The summed E-state index contributed by atoms with van der Waals surface area (Å²) >= 11 is 0. The second kappa shape index (κ2) is 4.06. The van der Waals surface area contributed by atoms with Crippen molar-refractivity contribution >= 4 is 0 Å². The molecule has 1 saturated carbocycles. The third-order valence-electron chi connectivity index (χ3n) is 4.36. The van der Waals surface area contributed by atoms with E-state index in [2.05, 4.69) is 25.7 Å². The molecule has 3 atom stereocenters. The lowest BCUT2D eigenvalue weighted by molar-refractivity contribution is 0.0784. The standard InChI is InChI=1S/C13H25NO/c1-13(2,3)10-7-8-14(9-10)11-5-4-6-12(11)15/h10-12,15H,4-9H2,1-3H3. The van der Waals surface area contributed by atoms with E-state index in [9.17, 15) is 5.11 Å². The van der Waals surface area contributed by atoms with Crippen molar-refractivity contribution in [1.29, 1.82) is 0 Å². The molecule has 0 aromatic carbocycles. The van der Waals surface area contributed by atoms with Crippen molar-refractivity contribution in [3.63, 3.8) is 0 Å². The highest BCUT2D eigenvalue weighted by molar-refractivity contribution is 4.92. The molecule has 1 N–H and O–H groups in total. The third kappa shape index (κ3) is 2.36. The second-order valence-electron chi connectivity index (χ2n) is 6.41. The molecule has 0 aromatic heterocycles. The fourth-order valence-electron chi connectivity index (χ4n) is 3.14. The van der Waals surface area contributed by atoms with Gasteiger partial charge >= 0.3 is 0 Å². The van der Waals surface area contributed by atoms with E-state index in [0.717, 1.165) is 12.3 Å². The number of aliphatic hydroxyl groups is 1. The lowest BCUT2D eigenvalue weighted by Gasteiger charge is -2.30. The van der Waals surface area contributed by atoms with Gasteiger partial charge in [0, 0.05) is 12.6 Å². The molecule has 1 saturated heterocycles. The van der Waals surface area contributed by atoms with E-state index in [1.165, 1.54) is 32.4 Å². The van der Waals surface area contributed by atoms with Crippen LogP contribution < -0.4 is 0 Å². The largest absolute Gasteiger partial charge is 0.391 e. The van der Waals surface area contributed by atoms with Crippen LogP contribution in [0.25, 0.3) is 0 Å². The molecule has 88 valence electrons. The zero-order valence-corrected chi connectivity index (χ0v) is 10.4. The molecule has 1 heterocycles. The number of hydrogen-bond acceptors (Lipinski definition) is 2. The fourth-order valence-corrected chi connectivity index (χ4v) is 3.14. The van der Waals surface area contributed by atoms with Gasteiger partial charge < -0.3 is 5.11 Å². The third-order valence-corrected chi connectivity index (χ3v) is 4.36. The SMILES string of the molecule is CC(C)(C)C1CCN(C2CCCC2O)C1. The minimum Gasteiger partial charge on any atom is -0.391 e. The van der Waals surface area contributed by atoms with Gasteiger partial charge in [0.1, 0.15) is 0 Å². The Bertz CT molecular complexity index is 221. The Labute approximate surface area is 93.7 Å². The van der Waals surface area contributed by atoms with E-state index in [4.69, 9.17) is 0 Å². The van der Waals surface area contributed by atoms with Gasteiger partial charge in [-0.2, -0.15) is 0 Å². The van der Waals surface area contributed by atoms with Crippen LogP contribution in [0.2, 0.25) is 0 Å². The number of aliphatic hydroxyl groups excluding tert-OH is 1.